The molecule has 80 valence electrons. The van der Waals surface area contributed by atoms with Gasteiger partial charge in [0.1, 0.15) is 0 Å². The van der Waals surface area contributed by atoms with Crippen molar-refractivity contribution in [2.75, 3.05) is 19.4 Å². The molecule has 2 N–H and O–H groups in total. The van der Waals surface area contributed by atoms with Crippen LogP contribution in [-0.2, 0) is 0 Å². The van der Waals surface area contributed by atoms with Crippen LogP contribution in [0.25, 0.3) is 0 Å². The van der Waals surface area contributed by atoms with E-state index in [1.807, 2.05) is 18.8 Å². The minimum atomic E-state index is 0.303. The summed E-state index contributed by atoms with van der Waals surface area (Å²) >= 11 is 1.87. The van der Waals surface area contributed by atoms with E-state index in [0.717, 1.165) is 0 Å². The Kier molecular flexibility index (Phi) is 9.03. The summed E-state index contributed by atoms with van der Waals surface area (Å²) in [5.41, 5.74) is 0. The second-order valence-corrected chi connectivity index (χ2v) is 5.10. The first-order valence-corrected chi connectivity index (χ1v) is 6.15. The van der Waals surface area contributed by atoms with Gasteiger partial charge in [0.2, 0.25) is 0 Å². The van der Waals surface area contributed by atoms with Gasteiger partial charge in [0.25, 0.3) is 0 Å². The Morgan fingerprint density at radius 2 is 2.00 bits per heavy atom. The molecule has 0 aliphatic heterocycles. The normalized spacial score (nSPS) is 15.7. The van der Waals surface area contributed by atoms with Gasteiger partial charge in [-0.2, -0.15) is 11.8 Å². The summed E-state index contributed by atoms with van der Waals surface area (Å²) in [7, 11) is 2.01. The van der Waals surface area contributed by atoms with Gasteiger partial charge in [-0.1, -0.05) is 13.3 Å². The zero-order chi connectivity index (χ0) is 10.1. The van der Waals surface area contributed by atoms with E-state index >= 15 is 0 Å². The molecular formula is C10H23NOS. The van der Waals surface area contributed by atoms with Crippen molar-refractivity contribution in [2.45, 2.75) is 44.4 Å². The van der Waals surface area contributed by atoms with Crippen LogP contribution in [0.5, 0.6) is 0 Å². The number of hydrogen-bond donors (Lipinski definition) is 2. The third-order valence-corrected chi connectivity index (χ3v) is 3.43. The van der Waals surface area contributed by atoms with E-state index in [2.05, 4.69) is 19.2 Å². The minimum Gasteiger partial charge on any atom is -0.395 e. The smallest absolute Gasteiger partial charge is 0.0547 e. The molecule has 0 spiro atoms. The Balaban J connectivity index is 3.08. The zero-order valence-corrected chi connectivity index (χ0v) is 9.86. The standard InChI is InChI=1S/C10H23NOS/c1-9(11-3)6-4-5-7-13-10(2)8-12/h9-12H,4-8H2,1-3H3. The van der Waals surface area contributed by atoms with Gasteiger partial charge in [-0.25, -0.2) is 0 Å². The first-order chi connectivity index (χ1) is 6.20. The van der Waals surface area contributed by atoms with E-state index in [-0.39, 0.29) is 0 Å². The molecule has 0 aromatic heterocycles. The quantitative estimate of drug-likeness (QED) is 0.593. The van der Waals surface area contributed by atoms with Gasteiger partial charge in [0.05, 0.1) is 6.61 Å². The number of thioether (sulfide) groups is 1. The number of hydrogen-bond acceptors (Lipinski definition) is 3. The van der Waals surface area contributed by atoms with Gasteiger partial charge >= 0.3 is 0 Å². The van der Waals surface area contributed by atoms with E-state index < -0.39 is 0 Å². The lowest BCUT2D eigenvalue weighted by Crippen LogP contribution is -2.20. The van der Waals surface area contributed by atoms with Crippen LogP contribution in [0.3, 0.4) is 0 Å². The predicted octanol–water partition coefficient (Wildman–Crippen LogP) is 1.88. The average molecular weight is 205 g/mol. The summed E-state index contributed by atoms with van der Waals surface area (Å²) in [6.45, 7) is 4.59. The van der Waals surface area contributed by atoms with E-state index in [1.54, 1.807) is 0 Å². The number of unbranched alkanes of at least 4 members (excludes halogenated alkanes) is 1. The first kappa shape index (κ1) is 13.3. The Morgan fingerprint density at radius 3 is 2.54 bits per heavy atom. The Bertz CT molecular complexity index is 99.1. The second-order valence-electron chi connectivity index (χ2n) is 3.55. The van der Waals surface area contributed by atoms with Crippen LogP contribution in [0.15, 0.2) is 0 Å². The van der Waals surface area contributed by atoms with Crippen LogP contribution in [0, 0.1) is 0 Å². The summed E-state index contributed by atoms with van der Waals surface area (Å²) < 4.78 is 0. The zero-order valence-electron chi connectivity index (χ0n) is 9.05. The maximum absolute atomic E-state index is 8.79. The molecule has 0 saturated heterocycles. The maximum Gasteiger partial charge on any atom is 0.0547 e. The van der Waals surface area contributed by atoms with Crippen molar-refractivity contribution < 1.29 is 5.11 Å². The summed E-state index contributed by atoms with van der Waals surface area (Å²) in [4.78, 5) is 0. The summed E-state index contributed by atoms with van der Waals surface area (Å²) in [5.74, 6) is 1.18. The first-order valence-electron chi connectivity index (χ1n) is 5.10. The highest BCUT2D eigenvalue weighted by molar-refractivity contribution is 7.99. The van der Waals surface area contributed by atoms with Crippen LogP contribution in [0.2, 0.25) is 0 Å². The lowest BCUT2D eigenvalue weighted by molar-refractivity contribution is 0.300. The third-order valence-electron chi connectivity index (χ3n) is 2.18. The fourth-order valence-corrected chi connectivity index (χ4v) is 1.91. The fraction of sp³-hybridized carbons (Fsp3) is 1.00. The van der Waals surface area contributed by atoms with Crippen molar-refractivity contribution in [3.8, 4) is 0 Å². The summed E-state index contributed by atoms with van der Waals surface area (Å²) in [6, 6.07) is 0.639. The van der Waals surface area contributed by atoms with Gasteiger partial charge in [0.15, 0.2) is 0 Å². The van der Waals surface area contributed by atoms with Crippen molar-refractivity contribution in [3.05, 3.63) is 0 Å². The molecule has 0 heterocycles. The third kappa shape index (κ3) is 8.60. The highest BCUT2D eigenvalue weighted by Gasteiger charge is 2.00. The summed E-state index contributed by atoms with van der Waals surface area (Å²) in [6.07, 6.45) is 3.80. The van der Waals surface area contributed by atoms with Crippen molar-refractivity contribution >= 4 is 11.8 Å². The Labute approximate surface area is 86.5 Å². The molecule has 2 atom stereocenters. The monoisotopic (exact) mass is 205 g/mol. The number of rotatable bonds is 8. The van der Waals surface area contributed by atoms with Crippen LogP contribution >= 0.6 is 11.8 Å². The van der Waals surface area contributed by atoms with Crippen molar-refractivity contribution in [1.29, 1.82) is 0 Å². The SMILES string of the molecule is CNC(C)CCCCSC(C)CO. The van der Waals surface area contributed by atoms with E-state index in [4.69, 9.17) is 5.11 Å². The molecule has 0 saturated carbocycles. The van der Waals surface area contributed by atoms with Crippen molar-refractivity contribution in [1.82, 2.24) is 5.32 Å². The number of aliphatic hydroxyl groups is 1. The van der Waals surface area contributed by atoms with E-state index in [1.165, 1.54) is 25.0 Å². The molecule has 0 aliphatic carbocycles. The topological polar surface area (TPSA) is 32.3 Å². The summed E-state index contributed by atoms with van der Waals surface area (Å²) in [5, 5.41) is 12.4. The van der Waals surface area contributed by atoms with Gasteiger partial charge in [-0.15, -0.1) is 0 Å². The molecule has 0 radical (unpaired) electrons. The Morgan fingerprint density at radius 1 is 1.31 bits per heavy atom. The van der Waals surface area contributed by atoms with Gasteiger partial charge in [-0.05, 0) is 32.6 Å². The van der Waals surface area contributed by atoms with Gasteiger partial charge < -0.3 is 10.4 Å². The highest BCUT2D eigenvalue weighted by atomic mass is 32.2. The van der Waals surface area contributed by atoms with Crippen molar-refractivity contribution in [2.24, 2.45) is 0 Å². The van der Waals surface area contributed by atoms with E-state index in [9.17, 15) is 0 Å². The van der Waals surface area contributed by atoms with E-state index in [0.29, 0.717) is 17.9 Å². The van der Waals surface area contributed by atoms with Gasteiger partial charge in [-0.3, -0.25) is 0 Å². The van der Waals surface area contributed by atoms with Crippen LogP contribution in [-0.4, -0.2) is 35.8 Å². The lowest BCUT2D eigenvalue weighted by Gasteiger charge is -2.10. The van der Waals surface area contributed by atoms with Crippen molar-refractivity contribution in [3.63, 3.8) is 0 Å². The molecule has 0 bridgehead atoms. The molecule has 2 nitrogen and oxygen atoms in total. The molecule has 0 aromatic carbocycles. The number of aliphatic hydroxyl groups excluding tert-OH is 1. The number of nitrogens with one attached hydrogen (secondary N) is 1. The average Bonchev–Trinajstić information content (AvgIpc) is 2.16. The minimum absolute atomic E-state index is 0.303. The Hall–Kier alpha value is 0.270. The highest BCUT2D eigenvalue weighted by Crippen LogP contribution is 2.12. The molecule has 0 aliphatic rings. The van der Waals surface area contributed by atoms with Gasteiger partial charge in [0, 0.05) is 11.3 Å². The van der Waals surface area contributed by atoms with Crippen LogP contribution in [0.4, 0.5) is 0 Å². The molecule has 13 heavy (non-hydrogen) atoms. The molecular weight excluding hydrogens is 182 g/mol. The lowest BCUT2D eigenvalue weighted by atomic mass is 10.1. The fourth-order valence-electron chi connectivity index (χ4n) is 1.03. The van der Waals surface area contributed by atoms with Crippen LogP contribution < -0.4 is 5.32 Å². The molecule has 0 rings (SSSR count). The molecule has 0 aromatic rings. The molecule has 2 unspecified atom stereocenters. The largest absolute Gasteiger partial charge is 0.395 e. The second kappa shape index (κ2) is 8.85. The molecule has 0 fully saturated rings. The maximum atomic E-state index is 8.79. The van der Waals surface area contributed by atoms with Crippen LogP contribution in [0.1, 0.15) is 33.1 Å². The molecule has 3 heteroatoms. The predicted molar refractivity (Wildman–Crippen MR) is 61.4 cm³/mol. The molecule has 0 amide bonds.